The van der Waals surface area contributed by atoms with Crippen molar-refractivity contribution in [3.8, 4) is 0 Å². The molecule has 0 fully saturated rings. The molecule has 4 aromatic rings. The molecule has 0 amide bonds. The number of hydrogen-bond donors (Lipinski definition) is 1. The van der Waals surface area contributed by atoms with Crippen LogP contribution in [0.4, 0.5) is 0 Å². The summed E-state index contributed by atoms with van der Waals surface area (Å²) in [5.41, 5.74) is 8.25. The van der Waals surface area contributed by atoms with Crippen LogP contribution in [0.3, 0.4) is 0 Å². The molecular weight excluding hydrogens is 326 g/mol. The molecule has 1 heteroatoms. The average molecular weight is 349 g/mol. The number of benzene rings is 3. The number of hydrogen-bond acceptors (Lipinski definition) is 0. The minimum absolute atomic E-state index is 0. The van der Waals surface area contributed by atoms with Gasteiger partial charge < -0.3 is 4.98 Å². The maximum Gasteiger partial charge on any atom is 0.0477 e. The van der Waals surface area contributed by atoms with Gasteiger partial charge in [0, 0.05) is 28.6 Å². The second kappa shape index (κ2) is 5.01. The summed E-state index contributed by atoms with van der Waals surface area (Å²) in [6.07, 6.45) is 10.0. The van der Waals surface area contributed by atoms with Gasteiger partial charge in [-0.05, 0) is 51.6 Å². The number of allylic oxidation sites excluding steroid dienone is 6. The van der Waals surface area contributed by atoms with E-state index in [0.717, 1.165) is 6.42 Å². The summed E-state index contributed by atoms with van der Waals surface area (Å²) >= 11 is 0. The van der Waals surface area contributed by atoms with Gasteiger partial charge in [-0.25, -0.2) is 0 Å². The molecule has 132 valence electrons. The molecular formula is C26H23N. The first-order valence-corrected chi connectivity index (χ1v) is 9.70. The Morgan fingerprint density at radius 2 is 1.81 bits per heavy atom. The van der Waals surface area contributed by atoms with Crippen molar-refractivity contribution < 1.29 is 1.43 Å². The van der Waals surface area contributed by atoms with Gasteiger partial charge in [-0.2, -0.15) is 0 Å². The number of para-hydroxylation sites is 1. The summed E-state index contributed by atoms with van der Waals surface area (Å²) in [5, 5.41) is 5.42. The van der Waals surface area contributed by atoms with Crippen molar-refractivity contribution in [1.82, 2.24) is 4.98 Å². The van der Waals surface area contributed by atoms with Crippen LogP contribution in [0.15, 0.2) is 78.4 Å². The normalized spacial score (nSPS) is 17.7. The average Bonchev–Trinajstić information content (AvgIpc) is 2.85. The van der Waals surface area contributed by atoms with Crippen LogP contribution in [-0.4, -0.2) is 4.98 Å². The molecule has 0 atom stereocenters. The zero-order valence-corrected chi connectivity index (χ0v) is 15.6. The molecule has 1 aromatic heterocycles. The highest BCUT2D eigenvalue weighted by Gasteiger charge is 2.35. The zero-order chi connectivity index (χ0) is 18.2. The van der Waals surface area contributed by atoms with E-state index < -0.39 is 0 Å². The van der Waals surface area contributed by atoms with E-state index in [1.165, 1.54) is 54.9 Å². The van der Waals surface area contributed by atoms with Crippen LogP contribution in [0.2, 0.25) is 0 Å². The molecule has 0 bridgehead atoms. The first-order chi connectivity index (χ1) is 13.2. The van der Waals surface area contributed by atoms with E-state index in [1.807, 2.05) is 0 Å². The largest absolute Gasteiger partial charge is 0.354 e. The molecule has 1 heterocycles. The molecule has 0 spiro atoms. The smallest absolute Gasteiger partial charge is 0.0477 e. The topological polar surface area (TPSA) is 15.8 Å². The van der Waals surface area contributed by atoms with Crippen LogP contribution in [0.5, 0.6) is 0 Å². The van der Waals surface area contributed by atoms with Gasteiger partial charge in [0.15, 0.2) is 0 Å². The summed E-state index contributed by atoms with van der Waals surface area (Å²) in [5.74, 6) is 0. The predicted molar refractivity (Wildman–Crippen MR) is 118 cm³/mol. The van der Waals surface area contributed by atoms with Crippen molar-refractivity contribution in [2.45, 2.75) is 25.7 Å². The number of H-pyrrole nitrogens is 1. The van der Waals surface area contributed by atoms with E-state index in [-0.39, 0.29) is 6.84 Å². The Morgan fingerprint density at radius 3 is 2.74 bits per heavy atom. The molecule has 27 heavy (non-hydrogen) atoms. The maximum absolute atomic E-state index is 3.66. The quantitative estimate of drug-likeness (QED) is 0.343. The lowest BCUT2D eigenvalue weighted by molar-refractivity contribution is 0.615. The third-order valence-electron chi connectivity index (χ3n) is 6.49. The van der Waals surface area contributed by atoms with E-state index in [2.05, 4.69) is 91.7 Å². The Balaban J connectivity index is 0.00000171. The van der Waals surface area contributed by atoms with Crippen molar-refractivity contribution in [2.75, 3.05) is 0 Å². The fourth-order valence-corrected chi connectivity index (χ4v) is 5.20. The van der Waals surface area contributed by atoms with E-state index in [0.29, 0.717) is 0 Å². The molecule has 6 rings (SSSR count). The van der Waals surface area contributed by atoms with Gasteiger partial charge in [0.1, 0.15) is 0 Å². The van der Waals surface area contributed by atoms with Gasteiger partial charge in [-0.15, -0.1) is 0 Å². The highest BCUT2D eigenvalue weighted by Crippen LogP contribution is 2.51. The molecule has 0 unspecified atom stereocenters. The fourth-order valence-electron chi connectivity index (χ4n) is 5.20. The number of rotatable bonds is 0. The number of fused-ring (bicyclic) bond motifs is 5. The second-order valence-electron chi connectivity index (χ2n) is 8.26. The first-order valence-electron chi connectivity index (χ1n) is 9.70. The standard InChI is InChI=1S/C26H21N.H2/c1-26(2)19-12-5-3-4-10-17(19)25-23-16(9-8-13-20(23)26)15-22-24(25)18-11-6-7-14-21(18)27-22;/h3-11,13-15,27H,12H2,1-2H3;1H. The third kappa shape index (κ3) is 1.84. The van der Waals surface area contributed by atoms with E-state index in [1.54, 1.807) is 0 Å². The van der Waals surface area contributed by atoms with Crippen molar-refractivity contribution in [2.24, 2.45) is 0 Å². The van der Waals surface area contributed by atoms with Crippen LogP contribution >= 0.6 is 0 Å². The van der Waals surface area contributed by atoms with Gasteiger partial charge in [0.25, 0.3) is 0 Å². The first kappa shape index (κ1) is 15.0. The van der Waals surface area contributed by atoms with Gasteiger partial charge >= 0.3 is 0 Å². The summed E-state index contributed by atoms with van der Waals surface area (Å²) in [6, 6.07) is 17.8. The van der Waals surface area contributed by atoms with E-state index >= 15 is 0 Å². The summed E-state index contributed by atoms with van der Waals surface area (Å²) in [7, 11) is 0. The predicted octanol–water partition coefficient (Wildman–Crippen LogP) is 7.28. The van der Waals surface area contributed by atoms with Crippen molar-refractivity contribution in [1.29, 1.82) is 0 Å². The van der Waals surface area contributed by atoms with Crippen LogP contribution in [0.25, 0.3) is 38.2 Å². The minimum atomic E-state index is 0. The molecule has 0 radical (unpaired) electrons. The lowest BCUT2D eigenvalue weighted by Gasteiger charge is -2.36. The monoisotopic (exact) mass is 349 g/mol. The van der Waals surface area contributed by atoms with E-state index in [9.17, 15) is 0 Å². The van der Waals surface area contributed by atoms with Crippen LogP contribution < -0.4 is 0 Å². The van der Waals surface area contributed by atoms with Gasteiger partial charge in [-0.3, -0.25) is 0 Å². The van der Waals surface area contributed by atoms with Gasteiger partial charge in [0.05, 0.1) is 0 Å². The molecule has 2 aliphatic carbocycles. The molecule has 1 nitrogen and oxygen atoms in total. The number of aromatic nitrogens is 1. The Bertz CT molecular complexity index is 1360. The number of aromatic amines is 1. The van der Waals surface area contributed by atoms with Crippen molar-refractivity contribution >= 4 is 38.2 Å². The van der Waals surface area contributed by atoms with Gasteiger partial charge in [0.2, 0.25) is 0 Å². The second-order valence-corrected chi connectivity index (χ2v) is 8.26. The molecule has 2 aliphatic rings. The van der Waals surface area contributed by atoms with Gasteiger partial charge in [-0.1, -0.05) is 74.5 Å². The van der Waals surface area contributed by atoms with Crippen LogP contribution in [0, 0.1) is 0 Å². The van der Waals surface area contributed by atoms with E-state index in [4.69, 9.17) is 0 Å². The lowest BCUT2D eigenvalue weighted by atomic mass is 9.67. The Labute approximate surface area is 160 Å². The van der Waals surface area contributed by atoms with Crippen molar-refractivity contribution in [3.05, 3.63) is 89.5 Å². The number of nitrogens with one attached hydrogen (secondary N) is 1. The third-order valence-corrected chi connectivity index (χ3v) is 6.49. The van der Waals surface area contributed by atoms with Crippen molar-refractivity contribution in [3.63, 3.8) is 0 Å². The Kier molecular flexibility index (Phi) is 2.79. The lowest BCUT2D eigenvalue weighted by Crippen LogP contribution is -2.25. The van der Waals surface area contributed by atoms with Crippen LogP contribution in [-0.2, 0) is 5.41 Å². The molecule has 0 aliphatic heterocycles. The minimum Gasteiger partial charge on any atom is -0.354 e. The summed E-state index contributed by atoms with van der Waals surface area (Å²) < 4.78 is 0. The summed E-state index contributed by atoms with van der Waals surface area (Å²) in [4.78, 5) is 3.66. The molecule has 3 aromatic carbocycles. The molecule has 0 saturated heterocycles. The highest BCUT2D eigenvalue weighted by atomic mass is 14.7. The Morgan fingerprint density at radius 1 is 0.926 bits per heavy atom. The zero-order valence-electron chi connectivity index (χ0n) is 15.6. The summed E-state index contributed by atoms with van der Waals surface area (Å²) in [6.45, 7) is 4.76. The molecule has 0 saturated carbocycles. The molecule has 1 N–H and O–H groups in total. The van der Waals surface area contributed by atoms with Crippen LogP contribution in [0.1, 0.15) is 32.8 Å². The SMILES string of the molecule is CC1(C)C2=C(C=CC=CC2)c2c3c1cccc3cc1[nH]c3ccccc3c21.[HH]. The fraction of sp³-hybridized carbons (Fsp3) is 0.154. The highest BCUT2D eigenvalue weighted by molar-refractivity contribution is 6.21. The maximum atomic E-state index is 3.66. The Hall–Kier alpha value is -3.06.